The number of ether oxygens (including phenoxy) is 2. The number of nitrogen functional groups attached to an aromatic ring is 1. The van der Waals surface area contributed by atoms with Crippen LogP contribution in [0.15, 0.2) is 59.0 Å². The van der Waals surface area contributed by atoms with Gasteiger partial charge in [0, 0.05) is 42.8 Å². The van der Waals surface area contributed by atoms with Crippen LogP contribution in [0.2, 0.25) is 0 Å². The van der Waals surface area contributed by atoms with Crippen molar-refractivity contribution in [3.05, 3.63) is 59.0 Å². The van der Waals surface area contributed by atoms with Crippen LogP contribution in [0.4, 0.5) is 5.69 Å². The van der Waals surface area contributed by atoms with Gasteiger partial charge in [-0.05, 0) is 42.8 Å². The van der Waals surface area contributed by atoms with Crippen molar-refractivity contribution in [2.75, 3.05) is 18.9 Å². The fourth-order valence-electron chi connectivity index (χ4n) is 2.99. The van der Waals surface area contributed by atoms with Gasteiger partial charge in [-0.25, -0.2) is 0 Å². The molecule has 3 rings (SSSR count). The van der Waals surface area contributed by atoms with Crippen LogP contribution in [0, 0.1) is 11.3 Å². The normalized spacial score (nSPS) is 18.6. The number of carboxylic acid groups (broad SMARTS) is 1. The Morgan fingerprint density at radius 3 is 2.85 bits per heavy atom. The van der Waals surface area contributed by atoms with Crippen LogP contribution in [0.1, 0.15) is 19.3 Å². The summed E-state index contributed by atoms with van der Waals surface area (Å²) in [7, 11) is 0. The van der Waals surface area contributed by atoms with Gasteiger partial charge in [0.1, 0.15) is 17.6 Å². The number of rotatable bonds is 7. The Kier molecular flexibility index (Phi) is 5.79. The van der Waals surface area contributed by atoms with Crippen LogP contribution in [0.5, 0.6) is 5.75 Å². The molecule has 1 aliphatic heterocycles. The topological polar surface area (TPSA) is 118 Å². The van der Waals surface area contributed by atoms with Crippen molar-refractivity contribution >= 4 is 11.7 Å². The minimum absolute atomic E-state index is 0.0540. The lowest BCUT2D eigenvalue weighted by Gasteiger charge is -2.31. The van der Waals surface area contributed by atoms with Gasteiger partial charge in [0.25, 0.3) is 0 Å². The van der Waals surface area contributed by atoms with Gasteiger partial charge in [0.05, 0.1) is 11.8 Å². The summed E-state index contributed by atoms with van der Waals surface area (Å²) in [5.41, 5.74) is 8.59. The molecule has 1 aromatic rings. The molecule has 4 N–H and O–H groups in total. The Bertz CT molecular complexity index is 847. The summed E-state index contributed by atoms with van der Waals surface area (Å²) in [6.07, 6.45) is 4.32. The smallest absolute Gasteiger partial charge is 0.303 e. The number of dihydropyridines is 1. The van der Waals surface area contributed by atoms with E-state index >= 15 is 0 Å². The first-order chi connectivity index (χ1) is 13.1. The van der Waals surface area contributed by atoms with E-state index < -0.39 is 5.97 Å². The SMILES string of the molecule is N#CC1=CC2=C(NCC=C2Oc2ccc(N)cc2)C(OCCCC(=O)O)C1. The number of nitrogens with two attached hydrogens (primary N) is 1. The van der Waals surface area contributed by atoms with Crippen LogP contribution in [-0.2, 0) is 9.53 Å². The number of hydrogen-bond donors (Lipinski definition) is 3. The van der Waals surface area contributed by atoms with Gasteiger partial charge >= 0.3 is 5.97 Å². The molecular weight excluding hydrogens is 346 g/mol. The maximum atomic E-state index is 10.7. The largest absolute Gasteiger partial charge is 0.481 e. The molecule has 140 valence electrons. The van der Waals surface area contributed by atoms with E-state index in [1.54, 1.807) is 24.3 Å². The quantitative estimate of drug-likeness (QED) is 0.500. The lowest BCUT2D eigenvalue weighted by molar-refractivity contribution is -0.137. The average molecular weight is 367 g/mol. The zero-order valence-corrected chi connectivity index (χ0v) is 14.8. The lowest BCUT2D eigenvalue weighted by Crippen LogP contribution is -2.34. The monoisotopic (exact) mass is 367 g/mol. The first-order valence-corrected chi connectivity index (χ1v) is 8.73. The highest BCUT2D eigenvalue weighted by molar-refractivity contribution is 5.66. The van der Waals surface area contributed by atoms with E-state index in [0.29, 0.717) is 48.8 Å². The van der Waals surface area contributed by atoms with E-state index in [-0.39, 0.29) is 12.5 Å². The summed E-state index contributed by atoms with van der Waals surface area (Å²) in [5, 5.41) is 21.4. The second-order valence-corrected chi connectivity index (χ2v) is 6.29. The minimum Gasteiger partial charge on any atom is -0.481 e. The molecule has 0 saturated carbocycles. The molecule has 7 heteroatoms. The number of anilines is 1. The highest BCUT2D eigenvalue weighted by atomic mass is 16.5. The van der Waals surface area contributed by atoms with E-state index in [2.05, 4.69) is 11.4 Å². The second kappa shape index (κ2) is 8.43. The molecule has 0 radical (unpaired) electrons. The zero-order chi connectivity index (χ0) is 19.2. The van der Waals surface area contributed by atoms with Crippen molar-refractivity contribution in [2.24, 2.45) is 0 Å². The molecule has 1 unspecified atom stereocenters. The van der Waals surface area contributed by atoms with Gasteiger partial charge < -0.3 is 25.6 Å². The molecule has 7 nitrogen and oxygen atoms in total. The molecule has 1 atom stereocenters. The van der Waals surface area contributed by atoms with E-state index in [0.717, 1.165) is 11.3 Å². The molecule has 0 amide bonds. The zero-order valence-electron chi connectivity index (χ0n) is 14.8. The number of carbonyl (C=O) groups is 1. The van der Waals surface area contributed by atoms with Crippen molar-refractivity contribution in [1.29, 1.82) is 5.26 Å². The maximum absolute atomic E-state index is 10.7. The number of aliphatic carboxylic acids is 1. The Balaban J connectivity index is 1.78. The van der Waals surface area contributed by atoms with E-state index in [4.69, 9.17) is 20.3 Å². The Hall–Kier alpha value is -3.24. The average Bonchev–Trinajstić information content (AvgIpc) is 2.67. The van der Waals surface area contributed by atoms with Crippen LogP contribution >= 0.6 is 0 Å². The van der Waals surface area contributed by atoms with Crippen molar-refractivity contribution in [2.45, 2.75) is 25.4 Å². The predicted octanol–water partition coefficient (Wildman–Crippen LogP) is 2.49. The van der Waals surface area contributed by atoms with Gasteiger partial charge in [-0.1, -0.05) is 0 Å². The number of carboxylic acids is 1. The molecule has 27 heavy (non-hydrogen) atoms. The molecule has 0 bridgehead atoms. The molecule has 0 saturated heterocycles. The van der Waals surface area contributed by atoms with Crippen LogP contribution < -0.4 is 15.8 Å². The van der Waals surface area contributed by atoms with E-state index in [1.165, 1.54) is 0 Å². The highest BCUT2D eigenvalue weighted by Gasteiger charge is 2.29. The third-order valence-corrected chi connectivity index (χ3v) is 4.29. The summed E-state index contributed by atoms with van der Waals surface area (Å²) in [6.45, 7) is 0.889. The second-order valence-electron chi connectivity index (χ2n) is 6.29. The number of hydrogen-bond acceptors (Lipinski definition) is 6. The molecular formula is C20H21N3O4. The Labute approximate surface area is 157 Å². The molecule has 0 spiro atoms. The third kappa shape index (κ3) is 4.68. The Morgan fingerprint density at radius 1 is 1.37 bits per heavy atom. The van der Waals surface area contributed by atoms with Crippen molar-refractivity contribution < 1.29 is 19.4 Å². The number of nitrogens with one attached hydrogen (secondary N) is 1. The van der Waals surface area contributed by atoms with Gasteiger partial charge in [0.15, 0.2) is 0 Å². The van der Waals surface area contributed by atoms with Crippen LogP contribution in [0.25, 0.3) is 0 Å². The van der Waals surface area contributed by atoms with Crippen molar-refractivity contribution in [1.82, 2.24) is 5.32 Å². The standard InChI is InChI=1S/C20H21N3O4/c21-12-13-10-16-17(27-15-5-3-14(22)4-6-15)7-8-23-20(16)18(11-13)26-9-1-2-19(24)25/h3-7,10,18,23H,1-2,8-9,11,22H2,(H,24,25). The first-order valence-electron chi connectivity index (χ1n) is 8.73. The summed E-state index contributed by atoms with van der Waals surface area (Å²) in [5.74, 6) is 0.457. The van der Waals surface area contributed by atoms with Gasteiger partial charge in [-0.2, -0.15) is 5.26 Å². The van der Waals surface area contributed by atoms with E-state index in [9.17, 15) is 10.1 Å². The number of nitriles is 1. The molecule has 1 aliphatic carbocycles. The van der Waals surface area contributed by atoms with Gasteiger partial charge in [0.2, 0.25) is 0 Å². The summed E-state index contributed by atoms with van der Waals surface area (Å²) < 4.78 is 11.9. The first kappa shape index (κ1) is 18.5. The fourth-order valence-corrected chi connectivity index (χ4v) is 2.99. The molecule has 2 aliphatic rings. The predicted molar refractivity (Wildman–Crippen MR) is 99.5 cm³/mol. The molecule has 1 aromatic carbocycles. The van der Waals surface area contributed by atoms with Crippen molar-refractivity contribution in [3.8, 4) is 11.8 Å². The minimum atomic E-state index is -0.849. The fraction of sp³-hybridized carbons (Fsp3) is 0.300. The summed E-state index contributed by atoms with van der Waals surface area (Å²) in [6, 6.07) is 9.29. The van der Waals surface area contributed by atoms with Crippen LogP contribution in [-0.4, -0.2) is 30.3 Å². The third-order valence-electron chi connectivity index (χ3n) is 4.29. The summed E-state index contributed by atoms with van der Waals surface area (Å²) >= 11 is 0. The highest BCUT2D eigenvalue weighted by Crippen LogP contribution is 2.32. The Morgan fingerprint density at radius 2 is 2.15 bits per heavy atom. The van der Waals surface area contributed by atoms with Crippen LogP contribution in [0.3, 0.4) is 0 Å². The number of nitrogens with zero attached hydrogens (tertiary/aromatic N) is 1. The number of allylic oxidation sites excluding steroid dienone is 1. The maximum Gasteiger partial charge on any atom is 0.303 e. The number of benzene rings is 1. The molecule has 0 fully saturated rings. The van der Waals surface area contributed by atoms with Gasteiger partial charge in [-0.3, -0.25) is 4.79 Å². The lowest BCUT2D eigenvalue weighted by atomic mass is 9.91. The molecule has 1 heterocycles. The summed E-state index contributed by atoms with van der Waals surface area (Å²) in [4.78, 5) is 10.7. The molecule has 0 aromatic heterocycles. The van der Waals surface area contributed by atoms with Gasteiger partial charge in [-0.15, -0.1) is 0 Å². The van der Waals surface area contributed by atoms with E-state index in [1.807, 2.05) is 12.2 Å². The van der Waals surface area contributed by atoms with Crippen molar-refractivity contribution in [3.63, 3.8) is 0 Å².